The summed E-state index contributed by atoms with van der Waals surface area (Å²) in [5.74, 6) is 0.519. The van der Waals surface area contributed by atoms with Crippen molar-refractivity contribution >= 4 is 22.5 Å². The molecule has 0 saturated carbocycles. The van der Waals surface area contributed by atoms with Gasteiger partial charge in [-0.3, -0.25) is 4.79 Å². The first kappa shape index (κ1) is 13.2. The first-order valence-corrected chi connectivity index (χ1v) is 6.68. The van der Waals surface area contributed by atoms with Gasteiger partial charge in [0.1, 0.15) is 5.75 Å². The molecule has 1 aromatic heterocycles. The maximum atomic E-state index is 12.3. The van der Waals surface area contributed by atoms with E-state index in [-0.39, 0.29) is 5.91 Å². The van der Waals surface area contributed by atoms with E-state index in [0.29, 0.717) is 11.3 Å². The van der Waals surface area contributed by atoms with Gasteiger partial charge in [-0.15, -0.1) is 0 Å². The molecule has 0 fully saturated rings. The summed E-state index contributed by atoms with van der Waals surface area (Å²) in [6.07, 6.45) is 2.00. The maximum absolute atomic E-state index is 12.3. The number of hydrogen-bond acceptors (Lipinski definition) is 2. The van der Waals surface area contributed by atoms with Crippen LogP contribution < -0.4 is 10.1 Å². The molecular formula is C17H16N2O2. The van der Waals surface area contributed by atoms with Crippen molar-refractivity contribution in [1.29, 1.82) is 0 Å². The number of nitrogens with one attached hydrogen (secondary N) is 1. The SMILES string of the molecule is COc1cccc(C(=O)Nc2ccc3c(ccn3C)c2)c1. The molecule has 0 saturated heterocycles. The molecule has 0 unspecified atom stereocenters. The second-order valence-corrected chi connectivity index (χ2v) is 4.89. The van der Waals surface area contributed by atoms with Crippen LogP contribution in [0.1, 0.15) is 10.4 Å². The number of carbonyl (C=O) groups excluding carboxylic acids is 1. The van der Waals surface area contributed by atoms with Crippen LogP contribution in [0.3, 0.4) is 0 Å². The fourth-order valence-electron chi connectivity index (χ4n) is 2.33. The van der Waals surface area contributed by atoms with Crippen molar-refractivity contribution in [3.8, 4) is 5.75 Å². The van der Waals surface area contributed by atoms with Crippen molar-refractivity contribution in [2.45, 2.75) is 0 Å². The molecule has 3 rings (SSSR count). The molecule has 0 bridgehead atoms. The Morgan fingerprint density at radius 1 is 1.14 bits per heavy atom. The quantitative estimate of drug-likeness (QED) is 0.798. The third-order valence-electron chi connectivity index (χ3n) is 3.48. The van der Waals surface area contributed by atoms with Crippen molar-refractivity contribution in [2.24, 2.45) is 7.05 Å². The summed E-state index contributed by atoms with van der Waals surface area (Å²) in [6, 6.07) is 15.0. The number of ether oxygens (including phenoxy) is 1. The Balaban J connectivity index is 1.85. The summed E-state index contributed by atoms with van der Waals surface area (Å²) >= 11 is 0. The molecule has 1 N–H and O–H groups in total. The van der Waals surface area contributed by atoms with E-state index in [0.717, 1.165) is 16.6 Å². The molecular weight excluding hydrogens is 264 g/mol. The molecule has 0 aliphatic carbocycles. The van der Waals surface area contributed by atoms with Crippen molar-refractivity contribution in [3.05, 3.63) is 60.3 Å². The van der Waals surface area contributed by atoms with Gasteiger partial charge in [-0.25, -0.2) is 0 Å². The van der Waals surface area contributed by atoms with Crippen LogP contribution in [-0.2, 0) is 7.05 Å². The van der Waals surface area contributed by atoms with E-state index in [9.17, 15) is 4.79 Å². The number of methoxy groups -OCH3 is 1. The largest absolute Gasteiger partial charge is 0.497 e. The standard InChI is InChI=1S/C17H16N2O2/c1-19-9-8-12-10-14(6-7-16(12)19)18-17(20)13-4-3-5-15(11-13)21-2/h3-11H,1-2H3,(H,18,20). The zero-order valence-corrected chi connectivity index (χ0v) is 12.0. The van der Waals surface area contributed by atoms with Crippen LogP contribution in [0.15, 0.2) is 54.7 Å². The van der Waals surface area contributed by atoms with E-state index in [1.54, 1.807) is 25.3 Å². The first-order valence-electron chi connectivity index (χ1n) is 6.68. The highest BCUT2D eigenvalue weighted by molar-refractivity contribution is 6.05. The molecule has 1 heterocycles. The van der Waals surface area contributed by atoms with Crippen LogP contribution in [0.5, 0.6) is 5.75 Å². The average Bonchev–Trinajstić information content (AvgIpc) is 2.88. The Hall–Kier alpha value is -2.75. The number of aromatic nitrogens is 1. The number of carbonyl (C=O) groups is 1. The van der Waals surface area contributed by atoms with Crippen LogP contribution >= 0.6 is 0 Å². The minimum absolute atomic E-state index is 0.149. The Kier molecular flexibility index (Phi) is 3.36. The van der Waals surface area contributed by atoms with Gasteiger partial charge in [0.2, 0.25) is 0 Å². The highest BCUT2D eigenvalue weighted by Crippen LogP contribution is 2.21. The number of amides is 1. The summed E-state index contributed by atoms with van der Waals surface area (Å²) in [5.41, 5.74) is 2.48. The van der Waals surface area contributed by atoms with Gasteiger partial charge in [0.15, 0.2) is 0 Å². The van der Waals surface area contributed by atoms with Crippen molar-refractivity contribution in [3.63, 3.8) is 0 Å². The van der Waals surface area contributed by atoms with Crippen LogP contribution in [0, 0.1) is 0 Å². The van der Waals surface area contributed by atoms with E-state index in [4.69, 9.17) is 4.74 Å². The molecule has 0 radical (unpaired) electrons. The highest BCUT2D eigenvalue weighted by atomic mass is 16.5. The summed E-state index contributed by atoms with van der Waals surface area (Å²) in [7, 11) is 3.58. The van der Waals surface area contributed by atoms with Crippen LogP contribution in [0.4, 0.5) is 5.69 Å². The van der Waals surface area contributed by atoms with E-state index < -0.39 is 0 Å². The second-order valence-electron chi connectivity index (χ2n) is 4.89. The van der Waals surface area contributed by atoms with Gasteiger partial charge in [0, 0.05) is 35.4 Å². The van der Waals surface area contributed by atoms with Gasteiger partial charge in [0.05, 0.1) is 7.11 Å². The Morgan fingerprint density at radius 3 is 2.81 bits per heavy atom. The summed E-state index contributed by atoms with van der Waals surface area (Å²) < 4.78 is 7.18. The topological polar surface area (TPSA) is 43.3 Å². The van der Waals surface area contributed by atoms with E-state index in [2.05, 4.69) is 5.32 Å². The Bertz CT molecular complexity index is 805. The predicted octanol–water partition coefficient (Wildman–Crippen LogP) is 3.44. The summed E-state index contributed by atoms with van der Waals surface area (Å²) in [4.78, 5) is 12.3. The molecule has 0 atom stereocenters. The second kappa shape index (κ2) is 5.32. The number of benzene rings is 2. The molecule has 21 heavy (non-hydrogen) atoms. The summed E-state index contributed by atoms with van der Waals surface area (Å²) in [5, 5.41) is 4.01. The average molecular weight is 280 g/mol. The third-order valence-corrected chi connectivity index (χ3v) is 3.48. The molecule has 3 aromatic rings. The molecule has 0 spiro atoms. The zero-order chi connectivity index (χ0) is 14.8. The van der Waals surface area contributed by atoms with Gasteiger partial charge in [-0.1, -0.05) is 6.07 Å². The van der Waals surface area contributed by atoms with E-state index >= 15 is 0 Å². The molecule has 4 heteroatoms. The lowest BCUT2D eigenvalue weighted by atomic mass is 10.2. The van der Waals surface area contributed by atoms with Crippen LogP contribution in [-0.4, -0.2) is 17.6 Å². The number of fused-ring (bicyclic) bond motifs is 1. The van der Waals surface area contributed by atoms with Crippen molar-refractivity contribution < 1.29 is 9.53 Å². The lowest BCUT2D eigenvalue weighted by Gasteiger charge is -2.07. The molecule has 1 amide bonds. The normalized spacial score (nSPS) is 10.6. The van der Waals surface area contributed by atoms with Gasteiger partial charge < -0.3 is 14.6 Å². The van der Waals surface area contributed by atoms with Crippen molar-refractivity contribution in [2.75, 3.05) is 12.4 Å². The van der Waals surface area contributed by atoms with Crippen LogP contribution in [0.25, 0.3) is 10.9 Å². The van der Waals surface area contributed by atoms with E-state index in [1.807, 2.05) is 48.1 Å². The van der Waals surface area contributed by atoms with Gasteiger partial charge in [0.25, 0.3) is 5.91 Å². The number of nitrogens with zero attached hydrogens (tertiary/aromatic N) is 1. The zero-order valence-electron chi connectivity index (χ0n) is 12.0. The molecule has 106 valence electrons. The fraction of sp³-hybridized carbons (Fsp3) is 0.118. The minimum Gasteiger partial charge on any atom is -0.497 e. The monoisotopic (exact) mass is 280 g/mol. The fourth-order valence-corrected chi connectivity index (χ4v) is 2.33. The number of rotatable bonds is 3. The van der Waals surface area contributed by atoms with Gasteiger partial charge in [-0.05, 0) is 42.5 Å². The molecule has 0 aliphatic heterocycles. The Morgan fingerprint density at radius 2 is 2.00 bits per heavy atom. The predicted molar refractivity (Wildman–Crippen MR) is 83.9 cm³/mol. The molecule has 4 nitrogen and oxygen atoms in total. The van der Waals surface area contributed by atoms with Crippen LogP contribution in [0.2, 0.25) is 0 Å². The first-order chi connectivity index (χ1) is 10.2. The highest BCUT2D eigenvalue weighted by Gasteiger charge is 2.08. The van der Waals surface area contributed by atoms with Gasteiger partial charge in [-0.2, -0.15) is 0 Å². The summed E-state index contributed by atoms with van der Waals surface area (Å²) in [6.45, 7) is 0. The lowest BCUT2D eigenvalue weighted by Crippen LogP contribution is -2.11. The van der Waals surface area contributed by atoms with Gasteiger partial charge >= 0.3 is 0 Å². The maximum Gasteiger partial charge on any atom is 0.255 e. The third kappa shape index (κ3) is 2.60. The minimum atomic E-state index is -0.149. The number of anilines is 1. The number of hydrogen-bond donors (Lipinski definition) is 1. The smallest absolute Gasteiger partial charge is 0.255 e. The van der Waals surface area contributed by atoms with Crippen molar-refractivity contribution in [1.82, 2.24) is 4.57 Å². The Labute approximate surface area is 123 Å². The molecule has 2 aromatic carbocycles. The number of aryl methyl sites for hydroxylation is 1. The molecule has 0 aliphatic rings. The lowest BCUT2D eigenvalue weighted by molar-refractivity contribution is 0.102. The van der Waals surface area contributed by atoms with E-state index in [1.165, 1.54) is 0 Å².